The summed E-state index contributed by atoms with van der Waals surface area (Å²) in [4.78, 5) is 21.4. The van der Waals surface area contributed by atoms with Crippen molar-refractivity contribution in [1.29, 1.82) is 0 Å². The summed E-state index contributed by atoms with van der Waals surface area (Å²) in [7, 11) is 0. The summed E-state index contributed by atoms with van der Waals surface area (Å²) in [6.07, 6.45) is 1.17. The maximum Gasteiger partial charge on any atom is 0.433 e. The number of hydrazone groups is 1. The molecule has 2 aromatic rings. The van der Waals surface area contributed by atoms with Crippen molar-refractivity contribution < 1.29 is 14.1 Å². The van der Waals surface area contributed by atoms with Crippen LogP contribution >= 0.6 is 0 Å². The summed E-state index contributed by atoms with van der Waals surface area (Å²) in [6.45, 7) is 1.86. The van der Waals surface area contributed by atoms with Gasteiger partial charge in [-0.15, -0.1) is 0 Å². The second-order valence-electron chi connectivity index (χ2n) is 4.07. The number of urea groups is 1. The van der Waals surface area contributed by atoms with E-state index in [-0.39, 0.29) is 11.6 Å². The number of rotatable bonds is 4. The number of hydrogen-bond donors (Lipinski definition) is 2. The van der Waals surface area contributed by atoms with Gasteiger partial charge in [0.25, 0.3) is 0 Å². The van der Waals surface area contributed by atoms with Crippen LogP contribution in [-0.4, -0.2) is 17.2 Å². The highest BCUT2D eigenvalue weighted by atomic mass is 16.6. The Labute approximate surface area is 119 Å². The van der Waals surface area contributed by atoms with Crippen LogP contribution in [0.1, 0.15) is 11.3 Å². The average Bonchev–Trinajstić information content (AvgIpc) is 2.90. The largest absolute Gasteiger partial charge is 0.433 e. The molecule has 8 heteroatoms. The zero-order valence-corrected chi connectivity index (χ0v) is 11.1. The van der Waals surface area contributed by atoms with Gasteiger partial charge >= 0.3 is 11.9 Å². The lowest BCUT2D eigenvalue weighted by atomic mass is 10.2. The maximum absolute atomic E-state index is 11.6. The number of aryl methyl sites for hydroxylation is 1. The molecule has 0 radical (unpaired) electrons. The van der Waals surface area contributed by atoms with Gasteiger partial charge < -0.3 is 9.73 Å². The van der Waals surface area contributed by atoms with Crippen LogP contribution in [0.2, 0.25) is 0 Å². The normalized spacial score (nSPS) is 10.5. The number of carbonyl (C=O) groups is 1. The van der Waals surface area contributed by atoms with Gasteiger partial charge in [0.05, 0.1) is 12.3 Å². The van der Waals surface area contributed by atoms with Gasteiger partial charge in [0.15, 0.2) is 5.76 Å². The fourth-order valence-electron chi connectivity index (χ4n) is 1.53. The van der Waals surface area contributed by atoms with Crippen molar-refractivity contribution >= 4 is 23.8 Å². The zero-order valence-electron chi connectivity index (χ0n) is 11.1. The number of anilines is 1. The Bertz CT molecular complexity index is 693. The van der Waals surface area contributed by atoms with Crippen LogP contribution < -0.4 is 10.7 Å². The molecule has 0 saturated heterocycles. The number of carbonyl (C=O) groups excluding carboxylic acids is 1. The van der Waals surface area contributed by atoms with Gasteiger partial charge in [-0.3, -0.25) is 10.1 Å². The van der Waals surface area contributed by atoms with Crippen LogP contribution in [0.3, 0.4) is 0 Å². The molecule has 21 heavy (non-hydrogen) atoms. The van der Waals surface area contributed by atoms with Crippen molar-refractivity contribution in [3.63, 3.8) is 0 Å². The Morgan fingerprint density at radius 2 is 2.10 bits per heavy atom. The van der Waals surface area contributed by atoms with Gasteiger partial charge in [0.2, 0.25) is 0 Å². The van der Waals surface area contributed by atoms with Crippen LogP contribution in [0.5, 0.6) is 0 Å². The lowest BCUT2D eigenvalue weighted by molar-refractivity contribution is -0.402. The molecule has 1 aromatic heterocycles. The van der Waals surface area contributed by atoms with E-state index in [0.717, 1.165) is 5.56 Å². The number of nitro groups is 1. The second-order valence-corrected chi connectivity index (χ2v) is 4.07. The first-order chi connectivity index (χ1) is 10.1. The van der Waals surface area contributed by atoms with Crippen molar-refractivity contribution in [1.82, 2.24) is 5.43 Å². The quantitative estimate of drug-likeness (QED) is 0.512. The minimum absolute atomic E-state index is 0.165. The molecule has 8 nitrogen and oxygen atoms in total. The van der Waals surface area contributed by atoms with Crippen LogP contribution in [0.25, 0.3) is 0 Å². The third-order valence-electron chi connectivity index (χ3n) is 2.54. The van der Waals surface area contributed by atoms with E-state index in [1.807, 2.05) is 19.1 Å². The highest BCUT2D eigenvalue weighted by molar-refractivity contribution is 5.90. The van der Waals surface area contributed by atoms with Gasteiger partial charge in [-0.25, -0.2) is 10.2 Å². The molecule has 1 aromatic carbocycles. The highest BCUT2D eigenvalue weighted by Gasteiger charge is 2.10. The molecule has 0 bridgehead atoms. The van der Waals surface area contributed by atoms with Gasteiger partial charge in [-0.1, -0.05) is 18.2 Å². The number of hydrogen-bond acceptors (Lipinski definition) is 5. The maximum atomic E-state index is 11.6. The van der Waals surface area contributed by atoms with Gasteiger partial charge in [-0.05, 0) is 24.6 Å². The minimum atomic E-state index is -0.657. The predicted octanol–water partition coefficient (Wildman–Crippen LogP) is 2.65. The average molecular weight is 288 g/mol. The van der Waals surface area contributed by atoms with Crippen molar-refractivity contribution in [2.45, 2.75) is 6.92 Å². The molecule has 0 aliphatic rings. The molecular weight excluding hydrogens is 276 g/mol. The Morgan fingerprint density at radius 1 is 1.33 bits per heavy atom. The van der Waals surface area contributed by atoms with Gasteiger partial charge in [0, 0.05) is 5.69 Å². The molecule has 0 saturated carbocycles. The first-order valence-electron chi connectivity index (χ1n) is 5.96. The van der Waals surface area contributed by atoms with E-state index >= 15 is 0 Å². The predicted molar refractivity (Wildman–Crippen MR) is 76.3 cm³/mol. The van der Waals surface area contributed by atoms with E-state index in [2.05, 4.69) is 15.8 Å². The zero-order chi connectivity index (χ0) is 15.2. The summed E-state index contributed by atoms with van der Waals surface area (Å²) >= 11 is 0. The van der Waals surface area contributed by atoms with Crippen LogP contribution in [0, 0.1) is 17.0 Å². The molecule has 108 valence electrons. The molecule has 1 heterocycles. The highest BCUT2D eigenvalue weighted by Crippen LogP contribution is 2.14. The summed E-state index contributed by atoms with van der Waals surface area (Å²) in [5.74, 6) is -0.223. The fourth-order valence-corrected chi connectivity index (χ4v) is 1.53. The summed E-state index contributed by atoms with van der Waals surface area (Å²) < 4.78 is 4.84. The monoisotopic (exact) mass is 288 g/mol. The molecule has 2 rings (SSSR count). The lowest BCUT2D eigenvalue weighted by Gasteiger charge is -2.06. The van der Waals surface area contributed by atoms with Crippen molar-refractivity contribution in [2.24, 2.45) is 5.10 Å². The molecule has 0 unspecified atom stereocenters. The Hall–Kier alpha value is -3.16. The number of nitrogens with one attached hydrogen (secondary N) is 2. The number of para-hydroxylation sites is 1. The second kappa shape index (κ2) is 6.33. The third-order valence-corrected chi connectivity index (χ3v) is 2.54. The van der Waals surface area contributed by atoms with Crippen LogP contribution in [0.15, 0.2) is 45.9 Å². The molecule has 2 N–H and O–H groups in total. The van der Waals surface area contributed by atoms with Crippen molar-refractivity contribution in [3.8, 4) is 0 Å². The summed E-state index contributed by atoms with van der Waals surface area (Å²) in [5, 5.41) is 16.7. The smallest absolute Gasteiger partial charge is 0.400 e. The van der Waals surface area contributed by atoms with E-state index in [9.17, 15) is 14.9 Å². The number of benzene rings is 1. The third kappa shape index (κ3) is 3.90. The number of furan rings is 1. The molecule has 0 aliphatic heterocycles. The van der Waals surface area contributed by atoms with Crippen molar-refractivity contribution in [3.05, 3.63) is 57.8 Å². The minimum Gasteiger partial charge on any atom is -0.400 e. The molecule has 0 atom stereocenters. The molecule has 2 amide bonds. The Morgan fingerprint density at radius 3 is 2.76 bits per heavy atom. The first-order valence-corrected chi connectivity index (χ1v) is 5.96. The molecule has 0 spiro atoms. The van der Waals surface area contributed by atoms with E-state index in [1.54, 1.807) is 12.1 Å². The van der Waals surface area contributed by atoms with Crippen LogP contribution in [-0.2, 0) is 0 Å². The summed E-state index contributed by atoms with van der Waals surface area (Å²) in [5.41, 5.74) is 3.82. The van der Waals surface area contributed by atoms with Crippen molar-refractivity contribution in [2.75, 3.05) is 5.32 Å². The number of amides is 2. The SMILES string of the molecule is Cc1ccccc1NC(=O)NN=Cc1ccc([N+](=O)[O-])o1. The lowest BCUT2D eigenvalue weighted by Crippen LogP contribution is -2.24. The number of nitrogens with zero attached hydrogens (tertiary/aromatic N) is 2. The Kier molecular flexibility index (Phi) is 4.30. The van der Waals surface area contributed by atoms with Gasteiger partial charge in [0.1, 0.15) is 4.92 Å². The summed E-state index contributed by atoms with van der Waals surface area (Å²) in [6, 6.07) is 9.34. The molecular formula is C13H12N4O4. The van der Waals surface area contributed by atoms with E-state index in [1.165, 1.54) is 18.3 Å². The van der Waals surface area contributed by atoms with E-state index in [0.29, 0.717) is 5.69 Å². The van der Waals surface area contributed by atoms with Gasteiger partial charge in [-0.2, -0.15) is 5.10 Å². The fraction of sp³-hybridized carbons (Fsp3) is 0.0769. The molecule has 0 aliphatic carbocycles. The van der Waals surface area contributed by atoms with E-state index in [4.69, 9.17) is 4.42 Å². The topological polar surface area (TPSA) is 110 Å². The van der Waals surface area contributed by atoms with E-state index < -0.39 is 11.0 Å². The Balaban J connectivity index is 1.90. The first kappa shape index (κ1) is 14.3. The van der Waals surface area contributed by atoms with Crippen LogP contribution in [0.4, 0.5) is 16.4 Å². The standard InChI is InChI=1S/C13H12N4O4/c1-9-4-2-3-5-11(9)15-13(18)16-14-8-10-6-7-12(21-10)17(19)20/h2-8H,1H3,(H2,15,16,18). The molecule has 0 fully saturated rings.